The van der Waals surface area contributed by atoms with Crippen molar-refractivity contribution < 1.29 is 23.8 Å². The molecule has 0 aliphatic heterocycles. The summed E-state index contributed by atoms with van der Waals surface area (Å²) in [6, 6.07) is 12.4. The first-order valence-electron chi connectivity index (χ1n) is 9.01. The van der Waals surface area contributed by atoms with Crippen LogP contribution < -0.4 is 24.4 Å². The molecule has 2 aromatic rings. The smallest absolute Gasteiger partial charge is 0.226 e. The van der Waals surface area contributed by atoms with Gasteiger partial charge in [-0.3, -0.25) is 9.59 Å². The van der Waals surface area contributed by atoms with Crippen LogP contribution in [0.15, 0.2) is 42.5 Å². The molecule has 0 saturated carbocycles. The fourth-order valence-electron chi connectivity index (χ4n) is 2.69. The Labute approximate surface area is 165 Å². The molecular formula is C21H26N2O5. The molecule has 0 aliphatic carbocycles. The highest BCUT2D eigenvalue weighted by atomic mass is 16.5. The van der Waals surface area contributed by atoms with E-state index in [1.165, 1.54) is 14.0 Å². The number of rotatable bonds is 9. The summed E-state index contributed by atoms with van der Waals surface area (Å²) in [6.07, 6.45) is 0.141. The Bertz CT molecular complexity index is 805. The summed E-state index contributed by atoms with van der Waals surface area (Å²) < 4.78 is 15.8. The molecule has 0 aliphatic rings. The first-order chi connectivity index (χ1) is 13.5. The second-order valence-electron chi connectivity index (χ2n) is 5.96. The standard InChI is InChI=1S/C21H26N2O5/c1-5-28-17-8-6-16(7-9-17)23(15(2)24)13-12-21(25)22-19-11-10-18(26-3)14-20(19)27-4/h6-11,14H,5,12-13H2,1-4H3,(H,22,25). The molecule has 0 aromatic heterocycles. The van der Waals surface area contributed by atoms with Crippen molar-refractivity contribution in [3.8, 4) is 17.2 Å². The third-order valence-corrected chi connectivity index (χ3v) is 4.08. The molecule has 7 nitrogen and oxygen atoms in total. The van der Waals surface area contributed by atoms with Crippen molar-refractivity contribution in [1.29, 1.82) is 0 Å². The molecule has 1 N–H and O–H groups in total. The van der Waals surface area contributed by atoms with Crippen LogP contribution in [0, 0.1) is 0 Å². The third kappa shape index (κ3) is 5.64. The van der Waals surface area contributed by atoms with E-state index in [4.69, 9.17) is 14.2 Å². The van der Waals surface area contributed by atoms with Gasteiger partial charge in [0.05, 0.1) is 26.5 Å². The molecule has 0 radical (unpaired) electrons. The van der Waals surface area contributed by atoms with Crippen LogP contribution in [0.4, 0.5) is 11.4 Å². The molecule has 0 atom stereocenters. The minimum atomic E-state index is -0.222. The van der Waals surface area contributed by atoms with Gasteiger partial charge in [0, 0.05) is 31.6 Å². The lowest BCUT2D eigenvalue weighted by Gasteiger charge is -2.21. The first kappa shape index (κ1) is 21.1. The van der Waals surface area contributed by atoms with Gasteiger partial charge in [-0.25, -0.2) is 0 Å². The van der Waals surface area contributed by atoms with Crippen molar-refractivity contribution in [3.63, 3.8) is 0 Å². The van der Waals surface area contributed by atoms with Crippen LogP contribution in [0.25, 0.3) is 0 Å². The number of carbonyl (C=O) groups excluding carboxylic acids is 2. The lowest BCUT2D eigenvalue weighted by molar-refractivity contribution is -0.117. The van der Waals surface area contributed by atoms with Gasteiger partial charge in [0.2, 0.25) is 11.8 Å². The fraction of sp³-hybridized carbons (Fsp3) is 0.333. The quantitative estimate of drug-likeness (QED) is 0.714. The summed E-state index contributed by atoms with van der Waals surface area (Å²) in [5, 5.41) is 2.81. The third-order valence-electron chi connectivity index (χ3n) is 4.08. The molecule has 2 amide bonds. The van der Waals surface area contributed by atoms with E-state index < -0.39 is 0 Å². The SMILES string of the molecule is CCOc1ccc(N(CCC(=O)Nc2ccc(OC)cc2OC)C(C)=O)cc1. The van der Waals surface area contributed by atoms with Crippen LogP contribution in [0.1, 0.15) is 20.3 Å². The van der Waals surface area contributed by atoms with Crippen molar-refractivity contribution in [2.24, 2.45) is 0 Å². The summed E-state index contributed by atoms with van der Waals surface area (Å²) in [6.45, 7) is 4.21. The lowest BCUT2D eigenvalue weighted by Crippen LogP contribution is -2.31. The maximum absolute atomic E-state index is 12.4. The maximum atomic E-state index is 12.4. The Morgan fingerprint density at radius 2 is 1.68 bits per heavy atom. The zero-order valence-electron chi connectivity index (χ0n) is 16.7. The molecule has 0 unspecified atom stereocenters. The monoisotopic (exact) mass is 386 g/mol. The van der Waals surface area contributed by atoms with Crippen molar-refractivity contribution in [1.82, 2.24) is 0 Å². The molecular weight excluding hydrogens is 360 g/mol. The normalized spacial score (nSPS) is 10.1. The molecule has 150 valence electrons. The number of hydrogen-bond donors (Lipinski definition) is 1. The number of nitrogens with zero attached hydrogens (tertiary/aromatic N) is 1. The van der Waals surface area contributed by atoms with Crippen molar-refractivity contribution >= 4 is 23.2 Å². The molecule has 7 heteroatoms. The van der Waals surface area contributed by atoms with Crippen molar-refractivity contribution in [3.05, 3.63) is 42.5 Å². The highest BCUT2D eigenvalue weighted by Gasteiger charge is 2.15. The topological polar surface area (TPSA) is 77.1 Å². The van der Waals surface area contributed by atoms with Crippen LogP contribution in [0.2, 0.25) is 0 Å². The first-order valence-corrected chi connectivity index (χ1v) is 9.01. The zero-order valence-corrected chi connectivity index (χ0v) is 16.7. The highest BCUT2D eigenvalue weighted by molar-refractivity contribution is 5.95. The number of amides is 2. The average Bonchev–Trinajstić information content (AvgIpc) is 2.69. The number of nitrogens with one attached hydrogen (secondary N) is 1. The molecule has 0 heterocycles. The van der Waals surface area contributed by atoms with E-state index in [2.05, 4.69) is 5.32 Å². The van der Waals surface area contributed by atoms with Crippen molar-refractivity contribution in [2.75, 3.05) is 37.6 Å². The molecule has 2 aromatic carbocycles. The predicted molar refractivity (Wildman–Crippen MR) is 108 cm³/mol. The average molecular weight is 386 g/mol. The maximum Gasteiger partial charge on any atom is 0.226 e. The number of carbonyl (C=O) groups is 2. The van der Waals surface area contributed by atoms with E-state index in [1.807, 2.05) is 6.92 Å². The summed E-state index contributed by atoms with van der Waals surface area (Å²) in [5.41, 5.74) is 1.26. The Hall–Kier alpha value is -3.22. The van der Waals surface area contributed by atoms with Gasteiger partial charge >= 0.3 is 0 Å². The van der Waals surface area contributed by atoms with Gasteiger partial charge in [-0.05, 0) is 43.3 Å². The Morgan fingerprint density at radius 1 is 1.00 bits per heavy atom. The van der Waals surface area contributed by atoms with E-state index in [-0.39, 0.29) is 24.8 Å². The second kappa shape index (κ2) is 10.2. The van der Waals surface area contributed by atoms with Gasteiger partial charge in [0.1, 0.15) is 17.2 Å². The van der Waals surface area contributed by atoms with E-state index in [1.54, 1.807) is 54.5 Å². The van der Waals surface area contributed by atoms with Gasteiger partial charge in [0.15, 0.2) is 0 Å². The van der Waals surface area contributed by atoms with Crippen LogP contribution >= 0.6 is 0 Å². The second-order valence-corrected chi connectivity index (χ2v) is 5.96. The van der Waals surface area contributed by atoms with Gasteiger partial charge in [-0.15, -0.1) is 0 Å². The molecule has 2 rings (SSSR count). The van der Waals surface area contributed by atoms with Gasteiger partial charge in [-0.2, -0.15) is 0 Å². The Morgan fingerprint density at radius 3 is 2.25 bits per heavy atom. The molecule has 28 heavy (non-hydrogen) atoms. The number of benzene rings is 2. The van der Waals surface area contributed by atoms with E-state index in [9.17, 15) is 9.59 Å². The highest BCUT2D eigenvalue weighted by Crippen LogP contribution is 2.29. The minimum absolute atomic E-state index is 0.140. The zero-order chi connectivity index (χ0) is 20.5. The van der Waals surface area contributed by atoms with Gasteiger partial charge in [-0.1, -0.05) is 0 Å². The van der Waals surface area contributed by atoms with Gasteiger partial charge < -0.3 is 24.4 Å². The summed E-state index contributed by atoms with van der Waals surface area (Å²) in [4.78, 5) is 26.0. The number of hydrogen-bond acceptors (Lipinski definition) is 5. The molecule has 0 spiro atoms. The van der Waals surface area contributed by atoms with E-state index in [0.29, 0.717) is 29.5 Å². The Balaban J connectivity index is 2.01. The van der Waals surface area contributed by atoms with Crippen LogP contribution in [-0.4, -0.2) is 39.2 Å². The Kier molecular flexibility index (Phi) is 7.68. The fourth-order valence-corrected chi connectivity index (χ4v) is 2.69. The van der Waals surface area contributed by atoms with E-state index >= 15 is 0 Å². The van der Waals surface area contributed by atoms with E-state index in [0.717, 1.165) is 5.75 Å². The van der Waals surface area contributed by atoms with Crippen LogP contribution in [0.3, 0.4) is 0 Å². The molecule has 0 saturated heterocycles. The minimum Gasteiger partial charge on any atom is -0.497 e. The summed E-state index contributed by atoms with van der Waals surface area (Å²) in [7, 11) is 3.08. The lowest BCUT2D eigenvalue weighted by atomic mass is 10.2. The number of ether oxygens (including phenoxy) is 3. The van der Waals surface area contributed by atoms with Gasteiger partial charge in [0.25, 0.3) is 0 Å². The number of methoxy groups -OCH3 is 2. The van der Waals surface area contributed by atoms with Crippen LogP contribution in [-0.2, 0) is 9.59 Å². The number of anilines is 2. The molecule has 0 bridgehead atoms. The van der Waals surface area contributed by atoms with Crippen LogP contribution in [0.5, 0.6) is 17.2 Å². The summed E-state index contributed by atoms with van der Waals surface area (Å²) in [5.74, 6) is 1.51. The molecule has 0 fully saturated rings. The van der Waals surface area contributed by atoms with Crippen molar-refractivity contribution in [2.45, 2.75) is 20.3 Å². The predicted octanol–water partition coefficient (Wildman–Crippen LogP) is 3.48. The largest absolute Gasteiger partial charge is 0.497 e. The summed E-state index contributed by atoms with van der Waals surface area (Å²) >= 11 is 0.